The van der Waals surface area contributed by atoms with Crippen molar-refractivity contribution in [3.63, 3.8) is 0 Å². The second-order valence-corrected chi connectivity index (χ2v) is 15.9. The van der Waals surface area contributed by atoms with Crippen LogP contribution in [-0.4, -0.2) is 81.0 Å². The Morgan fingerprint density at radius 1 is 0.940 bits per heavy atom. The van der Waals surface area contributed by atoms with Gasteiger partial charge in [0.15, 0.2) is 0 Å². The van der Waals surface area contributed by atoms with E-state index in [0.717, 1.165) is 69.9 Å². The maximum atomic E-state index is 14.8. The number of hydrogen-bond donors (Lipinski definition) is 4. The third-order valence-corrected chi connectivity index (χ3v) is 11.1. The summed E-state index contributed by atoms with van der Waals surface area (Å²) in [5.41, 5.74) is 0.435. The lowest BCUT2D eigenvalue weighted by molar-refractivity contribution is -0.144. The fourth-order valence-electron chi connectivity index (χ4n) is 8.21. The van der Waals surface area contributed by atoms with Crippen LogP contribution in [0.25, 0.3) is 0 Å². The number of fused-ring (bicyclic) bond motifs is 1. The van der Waals surface area contributed by atoms with Crippen LogP contribution in [-0.2, 0) is 19.2 Å². The molecule has 0 spiro atoms. The standard InChI is InChI=1S/C38H57N7O5/c1-6-12-28(32(46)36(49)41-25-17-18-25)43-35(48)31-26-16-11-15-24(26)22-45(31)37(50)33(38(3,4)5)42-27(7-2)30(23-13-9-8-10-14-23)44-34(47)29-21-39-19-20-40-29/h7,19-21,23-26,28,30-31,33,42H,6,8-18,22H2,1-5H3,(H,41,49)(H,43,48)(H,44,47)/b27-7-/t24-,26-,28-,30-,31-,33+/m0/s1. The first-order valence-electron chi connectivity index (χ1n) is 18.9. The molecule has 12 heteroatoms. The minimum absolute atomic E-state index is 0.0142. The van der Waals surface area contributed by atoms with Crippen LogP contribution in [0.3, 0.4) is 0 Å². The molecule has 0 radical (unpaired) electrons. The highest BCUT2D eigenvalue weighted by Gasteiger charge is 2.52. The number of carbonyl (C=O) groups excluding carboxylic acids is 5. The van der Waals surface area contributed by atoms with E-state index in [1.165, 1.54) is 18.6 Å². The van der Waals surface area contributed by atoms with E-state index in [9.17, 15) is 24.0 Å². The molecule has 4 fully saturated rings. The minimum Gasteiger partial charge on any atom is -0.375 e. The number of carbonyl (C=O) groups is 5. The van der Waals surface area contributed by atoms with Crippen LogP contribution in [0.5, 0.6) is 0 Å². The van der Waals surface area contributed by atoms with Gasteiger partial charge in [0.2, 0.25) is 17.6 Å². The van der Waals surface area contributed by atoms with E-state index in [1.807, 2.05) is 40.7 Å². The molecule has 4 N–H and O–H groups in total. The Balaban J connectivity index is 1.38. The molecule has 3 aliphatic carbocycles. The number of nitrogens with zero attached hydrogens (tertiary/aromatic N) is 3. The summed E-state index contributed by atoms with van der Waals surface area (Å²) in [6, 6.07) is -2.72. The smallest absolute Gasteiger partial charge is 0.289 e. The van der Waals surface area contributed by atoms with Crippen LogP contribution in [0.15, 0.2) is 30.4 Å². The number of amides is 4. The summed E-state index contributed by atoms with van der Waals surface area (Å²) in [6.45, 7) is 10.3. The Morgan fingerprint density at radius 3 is 2.30 bits per heavy atom. The normalized spacial score (nSPS) is 24.5. The van der Waals surface area contributed by atoms with E-state index < -0.39 is 35.2 Å². The Morgan fingerprint density at radius 2 is 1.68 bits per heavy atom. The summed E-state index contributed by atoms with van der Waals surface area (Å²) in [6.07, 6.45) is 17.0. The van der Waals surface area contributed by atoms with Gasteiger partial charge in [-0.2, -0.15) is 0 Å². The van der Waals surface area contributed by atoms with Gasteiger partial charge < -0.3 is 26.2 Å². The van der Waals surface area contributed by atoms with Crippen LogP contribution in [0.2, 0.25) is 0 Å². The third-order valence-electron chi connectivity index (χ3n) is 11.1. The summed E-state index contributed by atoms with van der Waals surface area (Å²) in [7, 11) is 0. The van der Waals surface area contributed by atoms with E-state index >= 15 is 0 Å². The van der Waals surface area contributed by atoms with Gasteiger partial charge in [0.25, 0.3) is 11.8 Å². The summed E-state index contributed by atoms with van der Waals surface area (Å²) in [5.74, 6) is -1.80. The zero-order valence-electron chi connectivity index (χ0n) is 30.5. The molecule has 3 saturated carbocycles. The van der Waals surface area contributed by atoms with Crippen LogP contribution >= 0.6 is 0 Å². The van der Waals surface area contributed by atoms with Crippen molar-refractivity contribution in [3.8, 4) is 0 Å². The quantitative estimate of drug-likeness (QED) is 0.214. The molecule has 4 amide bonds. The Bertz CT molecular complexity index is 1420. The first-order chi connectivity index (χ1) is 23.9. The molecule has 12 nitrogen and oxygen atoms in total. The van der Waals surface area contributed by atoms with Crippen molar-refractivity contribution in [2.75, 3.05) is 6.54 Å². The molecule has 0 bridgehead atoms. The second kappa shape index (κ2) is 16.5. The molecule has 5 rings (SSSR count). The number of ketones is 1. The van der Waals surface area contributed by atoms with E-state index in [4.69, 9.17) is 0 Å². The van der Waals surface area contributed by atoms with Gasteiger partial charge in [-0.3, -0.25) is 29.0 Å². The predicted octanol–water partition coefficient (Wildman–Crippen LogP) is 3.82. The third kappa shape index (κ3) is 8.90. The average Bonchev–Trinajstić information content (AvgIpc) is 3.67. The minimum atomic E-state index is -0.941. The first-order valence-corrected chi connectivity index (χ1v) is 18.9. The average molecular weight is 692 g/mol. The predicted molar refractivity (Wildman–Crippen MR) is 189 cm³/mol. The molecular weight excluding hydrogens is 634 g/mol. The zero-order chi connectivity index (χ0) is 36.0. The summed E-state index contributed by atoms with van der Waals surface area (Å²) >= 11 is 0. The number of nitrogens with one attached hydrogen (secondary N) is 4. The number of rotatable bonds is 14. The van der Waals surface area contributed by atoms with E-state index in [2.05, 4.69) is 31.2 Å². The highest BCUT2D eigenvalue weighted by molar-refractivity contribution is 6.38. The van der Waals surface area contributed by atoms with Crippen LogP contribution < -0.4 is 21.3 Å². The maximum Gasteiger partial charge on any atom is 0.289 e. The Labute approximate surface area is 296 Å². The van der Waals surface area contributed by atoms with E-state index in [0.29, 0.717) is 19.4 Å². The van der Waals surface area contributed by atoms with Crippen molar-refractivity contribution < 1.29 is 24.0 Å². The molecule has 1 aromatic rings. The molecule has 6 atom stereocenters. The molecule has 2 heterocycles. The molecule has 50 heavy (non-hydrogen) atoms. The van der Waals surface area contributed by atoms with Crippen molar-refractivity contribution in [3.05, 3.63) is 36.1 Å². The topological polar surface area (TPSA) is 162 Å². The molecule has 1 aromatic heterocycles. The summed E-state index contributed by atoms with van der Waals surface area (Å²) in [5, 5.41) is 12.5. The molecular formula is C38H57N7O5. The molecule has 1 saturated heterocycles. The van der Waals surface area contributed by atoms with Crippen molar-refractivity contribution in [2.45, 2.75) is 142 Å². The van der Waals surface area contributed by atoms with Crippen LogP contribution in [0, 0.1) is 23.2 Å². The molecule has 1 aliphatic heterocycles. The van der Waals surface area contributed by atoms with Gasteiger partial charge in [-0.05, 0) is 75.0 Å². The highest BCUT2D eigenvalue weighted by Crippen LogP contribution is 2.43. The lowest BCUT2D eigenvalue weighted by atomic mass is 9.81. The lowest BCUT2D eigenvalue weighted by Crippen LogP contribution is -2.60. The fraction of sp³-hybridized carbons (Fsp3) is 0.711. The summed E-state index contributed by atoms with van der Waals surface area (Å²) < 4.78 is 0. The van der Waals surface area contributed by atoms with Crippen LogP contribution in [0.1, 0.15) is 122 Å². The lowest BCUT2D eigenvalue weighted by Gasteiger charge is -2.40. The molecule has 0 unspecified atom stereocenters. The number of allylic oxidation sites excluding steroid dienone is 1. The van der Waals surface area contributed by atoms with Gasteiger partial charge in [-0.1, -0.05) is 65.9 Å². The van der Waals surface area contributed by atoms with Crippen molar-refractivity contribution in [1.82, 2.24) is 36.1 Å². The maximum absolute atomic E-state index is 14.8. The van der Waals surface area contributed by atoms with Gasteiger partial charge in [0.05, 0.1) is 18.3 Å². The van der Waals surface area contributed by atoms with Gasteiger partial charge in [-0.15, -0.1) is 0 Å². The molecule has 274 valence electrons. The fourth-order valence-corrected chi connectivity index (χ4v) is 8.21. The Kier molecular flexibility index (Phi) is 12.3. The van der Waals surface area contributed by atoms with E-state index in [-0.39, 0.29) is 53.3 Å². The van der Waals surface area contributed by atoms with Crippen molar-refractivity contribution >= 4 is 29.4 Å². The van der Waals surface area contributed by atoms with Gasteiger partial charge in [0, 0.05) is 30.7 Å². The number of aromatic nitrogens is 2. The van der Waals surface area contributed by atoms with Gasteiger partial charge >= 0.3 is 0 Å². The van der Waals surface area contributed by atoms with Gasteiger partial charge in [0.1, 0.15) is 17.8 Å². The van der Waals surface area contributed by atoms with Crippen LogP contribution in [0.4, 0.5) is 0 Å². The number of likely N-dealkylation sites (tertiary alicyclic amines) is 1. The molecule has 0 aromatic carbocycles. The van der Waals surface area contributed by atoms with Gasteiger partial charge in [-0.25, -0.2) is 4.98 Å². The summed E-state index contributed by atoms with van der Waals surface area (Å²) in [4.78, 5) is 78.3. The number of hydrogen-bond acceptors (Lipinski definition) is 8. The Hall–Kier alpha value is -3.83. The first kappa shape index (κ1) is 37.4. The van der Waals surface area contributed by atoms with E-state index in [1.54, 1.807) is 4.90 Å². The SMILES string of the molecule is C/C=C(\N[C@H](C(=O)N1C[C@@H]2CCC[C@@H]2[C@H]1C(=O)N[C@@H](CCC)C(=O)C(=O)NC1CC1)C(C)(C)C)[C@@H](NC(=O)c1cnccn1)C1CCCCC1. The largest absolute Gasteiger partial charge is 0.375 e. The second-order valence-electron chi connectivity index (χ2n) is 15.9. The van der Waals surface area contributed by atoms with Crippen molar-refractivity contribution in [1.29, 1.82) is 0 Å². The molecule has 4 aliphatic rings. The highest BCUT2D eigenvalue weighted by atomic mass is 16.2. The van der Waals surface area contributed by atoms with Crippen molar-refractivity contribution in [2.24, 2.45) is 23.2 Å². The monoisotopic (exact) mass is 691 g/mol. The zero-order valence-corrected chi connectivity index (χ0v) is 30.5. The number of Topliss-reactive ketones (excluding diaryl/α,β-unsaturated/α-hetero) is 1.